The highest BCUT2D eigenvalue weighted by Gasteiger charge is 2.31. The second-order valence-electron chi connectivity index (χ2n) is 5.98. The number of amides is 2. The van der Waals surface area contributed by atoms with Gasteiger partial charge in [0.05, 0.1) is 18.5 Å². The lowest BCUT2D eigenvalue weighted by Gasteiger charge is -2.31. The van der Waals surface area contributed by atoms with Crippen molar-refractivity contribution < 1.29 is 9.59 Å². The van der Waals surface area contributed by atoms with Gasteiger partial charge in [0.1, 0.15) is 6.17 Å². The second-order valence-corrected chi connectivity index (χ2v) is 5.98. The lowest BCUT2D eigenvalue weighted by molar-refractivity contribution is -0.132. The van der Waals surface area contributed by atoms with Gasteiger partial charge in [-0.25, -0.2) is 0 Å². The Hall–Kier alpha value is -2.66. The summed E-state index contributed by atoms with van der Waals surface area (Å²) in [6.45, 7) is 1.94. The van der Waals surface area contributed by atoms with Crippen LogP contribution in [-0.4, -0.2) is 17.9 Å². The van der Waals surface area contributed by atoms with Crippen molar-refractivity contribution in [2.24, 2.45) is 0 Å². The maximum atomic E-state index is 12.6. The van der Waals surface area contributed by atoms with Gasteiger partial charge < -0.3 is 10.6 Å². The highest BCUT2D eigenvalue weighted by atomic mass is 16.2. The van der Waals surface area contributed by atoms with Gasteiger partial charge in [0, 0.05) is 0 Å². The normalized spacial score (nSPS) is 21.6. The van der Waals surface area contributed by atoms with E-state index in [2.05, 4.69) is 16.0 Å². The van der Waals surface area contributed by atoms with Gasteiger partial charge in [-0.15, -0.1) is 0 Å². The van der Waals surface area contributed by atoms with Crippen LogP contribution in [0, 0.1) is 0 Å². The third kappa shape index (κ3) is 3.81. The number of carbonyl (C=O) groups is 2. The van der Waals surface area contributed by atoms with Crippen LogP contribution in [0.1, 0.15) is 36.7 Å². The molecule has 2 unspecified atom stereocenters. The third-order valence-electron chi connectivity index (χ3n) is 4.17. The first-order chi connectivity index (χ1) is 11.6. The van der Waals surface area contributed by atoms with Crippen molar-refractivity contribution in [1.29, 1.82) is 0 Å². The van der Waals surface area contributed by atoms with E-state index in [0.717, 1.165) is 11.1 Å². The zero-order chi connectivity index (χ0) is 16.9. The zero-order valence-electron chi connectivity index (χ0n) is 13.5. The molecule has 5 nitrogen and oxygen atoms in total. The number of rotatable bonds is 4. The first-order valence-corrected chi connectivity index (χ1v) is 8.09. The summed E-state index contributed by atoms with van der Waals surface area (Å²) in [6, 6.07) is 18.7. The van der Waals surface area contributed by atoms with Gasteiger partial charge in [-0.3, -0.25) is 14.9 Å². The highest BCUT2D eigenvalue weighted by Crippen LogP contribution is 2.17. The largest absolute Gasteiger partial charge is 0.348 e. The van der Waals surface area contributed by atoms with E-state index in [1.165, 1.54) is 0 Å². The Bertz CT molecular complexity index is 703. The Morgan fingerprint density at radius 2 is 1.71 bits per heavy atom. The Labute approximate surface area is 141 Å². The Morgan fingerprint density at radius 1 is 1.08 bits per heavy atom. The lowest BCUT2D eigenvalue weighted by Crippen LogP contribution is -2.56. The van der Waals surface area contributed by atoms with Crippen LogP contribution >= 0.6 is 0 Å². The predicted molar refractivity (Wildman–Crippen MR) is 91.9 cm³/mol. The second kappa shape index (κ2) is 7.27. The van der Waals surface area contributed by atoms with Crippen LogP contribution in [0.3, 0.4) is 0 Å². The zero-order valence-corrected chi connectivity index (χ0v) is 13.5. The van der Waals surface area contributed by atoms with Gasteiger partial charge in [-0.05, 0) is 18.1 Å². The monoisotopic (exact) mass is 323 g/mol. The molecule has 0 aliphatic carbocycles. The van der Waals surface area contributed by atoms with Crippen molar-refractivity contribution in [3.8, 4) is 0 Å². The van der Waals surface area contributed by atoms with Gasteiger partial charge in [-0.1, -0.05) is 60.7 Å². The molecule has 124 valence electrons. The molecular formula is C19H21N3O2. The summed E-state index contributed by atoms with van der Waals surface area (Å²) in [6.07, 6.45) is -0.216. The van der Waals surface area contributed by atoms with Crippen molar-refractivity contribution in [3.05, 3.63) is 71.8 Å². The number of hydrogen-bond acceptors (Lipinski definition) is 3. The summed E-state index contributed by atoms with van der Waals surface area (Å²) < 4.78 is 0. The summed E-state index contributed by atoms with van der Waals surface area (Å²) in [7, 11) is 0. The molecule has 3 atom stereocenters. The van der Waals surface area contributed by atoms with Gasteiger partial charge in [0.2, 0.25) is 11.8 Å². The molecule has 5 heteroatoms. The fourth-order valence-corrected chi connectivity index (χ4v) is 2.84. The number of carbonyl (C=O) groups excluding carboxylic acids is 2. The van der Waals surface area contributed by atoms with Crippen LogP contribution in [0.2, 0.25) is 0 Å². The van der Waals surface area contributed by atoms with E-state index >= 15 is 0 Å². The fraction of sp³-hybridized carbons (Fsp3) is 0.263. The third-order valence-corrected chi connectivity index (χ3v) is 4.17. The van der Waals surface area contributed by atoms with Crippen LogP contribution in [-0.2, 0) is 9.59 Å². The molecule has 1 saturated heterocycles. The van der Waals surface area contributed by atoms with E-state index in [4.69, 9.17) is 0 Å². The molecule has 3 rings (SSSR count). The first kappa shape index (κ1) is 16.2. The molecular weight excluding hydrogens is 302 g/mol. The number of hydrogen-bond donors (Lipinski definition) is 3. The van der Waals surface area contributed by atoms with E-state index in [1.807, 2.05) is 67.6 Å². The molecule has 0 saturated carbocycles. The van der Waals surface area contributed by atoms with Crippen molar-refractivity contribution in [2.75, 3.05) is 0 Å². The SMILES string of the molecule is C[C@@H](NC(=O)C1CC(=O)NC(c2ccccc2)N1)c1ccccc1. The quantitative estimate of drug-likeness (QED) is 0.806. The molecule has 1 aliphatic heterocycles. The van der Waals surface area contributed by atoms with Gasteiger partial charge >= 0.3 is 0 Å². The number of nitrogens with one attached hydrogen (secondary N) is 3. The van der Waals surface area contributed by atoms with E-state index < -0.39 is 6.04 Å². The van der Waals surface area contributed by atoms with Crippen LogP contribution in [0.5, 0.6) is 0 Å². The molecule has 2 amide bonds. The topological polar surface area (TPSA) is 70.2 Å². The summed E-state index contributed by atoms with van der Waals surface area (Å²) >= 11 is 0. The van der Waals surface area contributed by atoms with Gasteiger partial charge in [0.15, 0.2) is 0 Å². The molecule has 1 aliphatic rings. The summed E-state index contributed by atoms with van der Waals surface area (Å²) in [5, 5.41) is 9.06. The average Bonchev–Trinajstić information content (AvgIpc) is 2.62. The minimum absolute atomic E-state index is 0.110. The smallest absolute Gasteiger partial charge is 0.238 e. The minimum Gasteiger partial charge on any atom is -0.348 e. The van der Waals surface area contributed by atoms with Gasteiger partial charge in [-0.2, -0.15) is 0 Å². The minimum atomic E-state index is -0.546. The Kier molecular flexibility index (Phi) is 4.91. The van der Waals surface area contributed by atoms with Crippen LogP contribution in [0.25, 0.3) is 0 Å². The maximum absolute atomic E-state index is 12.6. The standard InChI is InChI=1S/C19H21N3O2/c1-13(14-8-4-2-5-9-14)20-19(24)16-12-17(23)22-18(21-16)15-10-6-3-7-11-15/h2-11,13,16,18,21H,12H2,1H3,(H,20,24)(H,22,23)/t13-,16?,18?/m1/s1. The summed E-state index contributed by atoms with van der Waals surface area (Å²) in [5.41, 5.74) is 1.96. The first-order valence-electron chi connectivity index (χ1n) is 8.09. The van der Waals surface area contributed by atoms with Crippen LogP contribution in [0.4, 0.5) is 0 Å². The highest BCUT2D eigenvalue weighted by molar-refractivity contribution is 5.89. The molecule has 0 bridgehead atoms. The maximum Gasteiger partial charge on any atom is 0.238 e. The van der Waals surface area contributed by atoms with Crippen molar-refractivity contribution in [3.63, 3.8) is 0 Å². The van der Waals surface area contributed by atoms with Crippen LogP contribution in [0.15, 0.2) is 60.7 Å². The lowest BCUT2D eigenvalue weighted by atomic mass is 10.0. The van der Waals surface area contributed by atoms with Crippen molar-refractivity contribution in [2.45, 2.75) is 31.6 Å². The van der Waals surface area contributed by atoms with E-state index in [-0.39, 0.29) is 30.4 Å². The molecule has 1 heterocycles. The summed E-state index contributed by atoms with van der Waals surface area (Å²) in [4.78, 5) is 24.5. The van der Waals surface area contributed by atoms with Crippen LogP contribution < -0.4 is 16.0 Å². The summed E-state index contributed by atoms with van der Waals surface area (Å²) in [5.74, 6) is -0.294. The predicted octanol–water partition coefficient (Wildman–Crippen LogP) is 2.04. The molecule has 0 aromatic heterocycles. The number of benzene rings is 2. The average molecular weight is 323 g/mol. The van der Waals surface area contributed by atoms with Gasteiger partial charge in [0.25, 0.3) is 0 Å². The Morgan fingerprint density at radius 3 is 2.38 bits per heavy atom. The van der Waals surface area contributed by atoms with E-state index in [0.29, 0.717) is 0 Å². The molecule has 0 spiro atoms. The molecule has 2 aromatic carbocycles. The molecule has 3 N–H and O–H groups in total. The van der Waals surface area contributed by atoms with Crippen molar-refractivity contribution in [1.82, 2.24) is 16.0 Å². The fourth-order valence-electron chi connectivity index (χ4n) is 2.84. The molecule has 2 aromatic rings. The van der Waals surface area contributed by atoms with E-state index in [9.17, 15) is 9.59 Å². The molecule has 0 radical (unpaired) electrons. The Balaban J connectivity index is 1.67. The van der Waals surface area contributed by atoms with E-state index in [1.54, 1.807) is 0 Å². The van der Waals surface area contributed by atoms with Crippen molar-refractivity contribution >= 4 is 11.8 Å². The molecule has 1 fully saturated rings. The molecule has 24 heavy (non-hydrogen) atoms.